The number of fused-ring (bicyclic) bond motifs is 1. The van der Waals surface area contributed by atoms with E-state index < -0.39 is 0 Å². The Hall–Kier alpha value is -2.10. The monoisotopic (exact) mass is 267 g/mol. The van der Waals surface area contributed by atoms with Crippen LogP contribution in [0.4, 0.5) is 0 Å². The van der Waals surface area contributed by atoms with Gasteiger partial charge in [0.05, 0.1) is 17.3 Å². The zero-order valence-electron chi connectivity index (χ0n) is 11.9. The number of rotatable bonds is 1. The van der Waals surface area contributed by atoms with E-state index in [4.69, 9.17) is 0 Å². The Morgan fingerprint density at radius 1 is 1.25 bits per heavy atom. The van der Waals surface area contributed by atoms with E-state index in [2.05, 4.69) is 21.9 Å². The summed E-state index contributed by atoms with van der Waals surface area (Å²) in [6.45, 7) is 5.89. The molecule has 0 aliphatic heterocycles. The Labute approximate surface area is 118 Å². The molecule has 2 atom stereocenters. The molecule has 2 aromatic heterocycles. The first kappa shape index (κ1) is 12.9. The highest BCUT2D eigenvalue weighted by Crippen LogP contribution is 2.35. The molecule has 0 bridgehead atoms. The summed E-state index contributed by atoms with van der Waals surface area (Å²) in [6, 6.07) is 5.61. The Kier molecular flexibility index (Phi) is 3.08. The van der Waals surface area contributed by atoms with Gasteiger partial charge in [0.25, 0.3) is 0 Å². The average Bonchev–Trinajstić information content (AvgIpc) is 2.37. The maximum Gasteiger partial charge on any atom is 0.174 e. The first-order valence-electron chi connectivity index (χ1n) is 6.86. The molecule has 4 heteroatoms. The van der Waals surface area contributed by atoms with E-state index in [1.54, 1.807) is 6.20 Å². The van der Waals surface area contributed by atoms with E-state index in [1.165, 1.54) is 0 Å². The van der Waals surface area contributed by atoms with E-state index in [9.17, 15) is 4.79 Å². The lowest BCUT2D eigenvalue weighted by Gasteiger charge is -2.28. The number of carbonyl (C=O) groups excluding carboxylic acids is 1. The molecule has 0 spiro atoms. The maximum atomic E-state index is 12.7. The molecule has 0 radical (unpaired) electrons. The van der Waals surface area contributed by atoms with Crippen molar-refractivity contribution in [3.05, 3.63) is 52.9 Å². The number of carbonyl (C=O) groups is 1. The van der Waals surface area contributed by atoms with Gasteiger partial charge in [-0.3, -0.25) is 9.78 Å². The van der Waals surface area contributed by atoms with Gasteiger partial charge in [0, 0.05) is 17.5 Å². The molecule has 0 aromatic carbocycles. The van der Waals surface area contributed by atoms with Gasteiger partial charge in [-0.05, 0) is 44.4 Å². The highest BCUT2D eigenvalue weighted by atomic mass is 16.1. The van der Waals surface area contributed by atoms with E-state index in [0.717, 1.165) is 34.9 Å². The lowest BCUT2D eigenvalue weighted by Crippen LogP contribution is -2.29. The summed E-state index contributed by atoms with van der Waals surface area (Å²) >= 11 is 0. The van der Waals surface area contributed by atoms with E-state index >= 15 is 0 Å². The van der Waals surface area contributed by atoms with Crippen LogP contribution in [0, 0.1) is 19.8 Å². The average molecular weight is 267 g/mol. The Balaban J connectivity index is 2.08. The molecule has 1 aliphatic rings. The topological polar surface area (TPSA) is 55.7 Å². The summed E-state index contributed by atoms with van der Waals surface area (Å²) in [6.07, 6.45) is 2.56. The molecular formula is C16H17N3O. The molecule has 0 amide bonds. The van der Waals surface area contributed by atoms with Crippen molar-refractivity contribution in [2.24, 2.45) is 5.92 Å². The fraction of sp³-hybridized carbons (Fsp3) is 0.375. The first-order valence-corrected chi connectivity index (χ1v) is 6.86. The normalized spacial score (nSPS) is 21.6. The van der Waals surface area contributed by atoms with Crippen LogP contribution in [0.2, 0.25) is 0 Å². The van der Waals surface area contributed by atoms with Gasteiger partial charge < -0.3 is 0 Å². The van der Waals surface area contributed by atoms with Gasteiger partial charge >= 0.3 is 0 Å². The second kappa shape index (κ2) is 4.78. The highest BCUT2D eigenvalue weighted by Gasteiger charge is 2.35. The number of Topliss-reactive ketones (excluding diaryl/α,β-unsaturated/α-hetero) is 1. The van der Waals surface area contributed by atoms with Gasteiger partial charge in [0.1, 0.15) is 5.82 Å². The minimum atomic E-state index is -0.188. The van der Waals surface area contributed by atoms with Crippen LogP contribution in [0.25, 0.3) is 0 Å². The fourth-order valence-corrected chi connectivity index (χ4v) is 3.00. The van der Waals surface area contributed by atoms with Crippen LogP contribution >= 0.6 is 0 Å². The lowest BCUT2D eigenvalue weighted by atomic mass is 9.76. The molecule has 0 saturated heterocycles. The molecule has 4 nitrogen and oxygen atoms in total. The molecule has 20 heavy (non-hydrogen) atoms. The van der Waals surface area contributed by atoms with Crippen molar-refractivity contribution in [2.75, 3.05) is 0 Å². The highest BCUT2D eigenvalue weighted by molar-refractivity contribution is 6.02. The summed E-state index contributed by atoms with van der Waals surface area (Å²) in [5, 5.41) is 0. The quantitative estimate of drug-likeness (QED) is 0.797. The number of aromatic nitrogens is 3. The van der Waals surface area contributed by atoms with Gasteiger partial charge in [-0.25, -0.2) is 9.97 Å². The van der Waals surface area contributed by atoms with Crippen LogP contribution < -0.4 is 0 Å². The third kappa shape index (κ3) is 2.11. The Bertz CT molecular complexity index is 661. The summed E-state index contributed by atoms with van der Waals surface area (Å²) in [5.74, 6) is 0.868. The first-order chi connectivity index (χ1) is 9.56. The minimum Gasteiger partial charge on any atom is -0.293 e. The molecule has 1 aliphatic carbocycles. The molecular weight excluding hydrogens is 250 g/mol. The zero-order valence-corrected chi connectivity index (χ0v) is 11.9. The largest absolute Gasteiger partial charge is 0.293 e. The molecule has 0 N–H and O–H groups in total. The summed E-state index contributed by atoms with van der Waals surface area (Å²) in [5.41, 5.74) is 3.39. The van der Waals surface area contributed by atoms with Crippen LogP contribution in [0.1, 0.15) is 46.1 Å². The molecule has 3 rings (SSSR count). The second-order valence-corrected chi connectivity index (χ2v) is 5.50. The van der Waals surface area contributed by atoms with Gasteiger partial charge in [0.2, 0.25) is 0 Å². The second-order valence-electron chi connectivity index (χ2n) is 5.50. The molecule has 0 fully saturated rings. The number of nitrogens with zero attached hydrogens (tertiary/aromatic N) is 3. The minimum absolute atomic E-state index is 0.129. The maximum absolute atomic E-state index is 12.7. The van der Waals surface area contributed by atoms with Crippen LogP contribution in [0.5, 0.6) is 0 Å². The van der Waals surface area contributed by atoms with Crippen molar-refractivity contribution in [3.8, 4) is 0 Å². The van der Waals surface area contributed by atoms with Crippen LogP contribution in [-0.4, -0.2) is 20.7 Å². The zero-order chi connectivity index (χ0) is 14.3. The Morgan fingerprint density at radius 3 is 2.80 bits per heavy atom. The van der Waals surface area contributed by atoms with E-state index in [-0.39, 0.29) is 17.6 Å². The molecule has 0 saturated carbocycles. The lowest BCUT2D eigenvalue weighted by molar-refractivity contribution is 0.0916. The van der Waals surface area contributed by atoms with E-state index in [1.807, 2.05) is 32.0 Å². The summed E-state index contributed by atoms with van der Waals surface area (Å²) < 4.78 is 0. The van der Waals surface area contributed by atoms with Gasteiger partial charge in [-0.1, -0.05) is 6.92 Å². The van der Waals surface area contributed by atoms with Gasteiger partial charge in [0.15, 0.2) is 5.78 Å². The van der Waals surface area contributed by atoms with Gasteiger partial charge in [-0.2, -0.15) is 0 Å². The summed E-state index contributed by atoms with van der Waals surface area (Å²) in [7, 11) is 0. The molecule has 2 heterocycles. The Morgan fingerprint density at radius 2 is 2.05 bits per heavy atom. The number of hydrogen-bond donors (Lipinski definition) is 0. The van der Waals surface area contributed by atoms with Crippen molar-refractivity contribution < 1.29 is 4.79 Å². The molecule has 2 unspecified atom stereocenters. The van der Waals surface area contributed by atoms with Crippen LogP contribution in [0.15, 0.2) is 24.4 Å². The predicted octanol–water partition coefficient (Wildman–Crippen LogP) is 2.65. The van der Waals surface area contributed by atoms with Crippen molar-refractivity contribution in [2.45, 2.75) is 33.1 Å². The van der Waals surface area contributed by atoms with Crippen LogP contribution in [0.3, 0.4) is 0 Å². The number of hydrogen-bond acceptors (Lipinski definition) is 4. The number of aryl methyl sites for hydroxylation is 2. The van der Waals surface area contributed by atoms with E-state index in [0.29, 0.717) is 0 Å². The van der Waals surface area contributed by atoms with Gasteiger partial charge in [-0.15, -0.1) is 0 Å². The molecule has 2 aromatic rings. The number of pyridine rings is 1. The third-order valence-corrected chi connectivity index (χ3v) is 3.83. The van der Waals surface area contributed by atoms with Crippen molar-refractivity contribution >= 4 is 5.78 Å². The predicted molar refractivity (Wildman–Crippen MR) is 75.7 cm³/mol. The number of ketones is 1. The third-order valence-electron chi connectivity index (χ3n) is 3.83. The standard InChI is InChI=1S/C16H17N3O/c1-9-7-13-12(5-4-6-17-13)16(20)15(9)14-8-10(2)18-11(3)19-14/h4-6,8-9,15H,7H2,1-3H3. The fourth-order valence-electron chi connectivity index (χ4n) is 3.00. The van der Waals surface area contributed by atoms with Crippen molar-refractivity contribution in [3.63, 3.8) is 0 Å². The SMILES string of the molecule is Cc1cc(C2C(=O)c3cccnc3CC2C)nc(C)n1. The smallest absolute Gasteiger partial charge is 0.174 e. The summed E-state index contributed by atoms with van der Waals surface area (Å²) in [4.78, 5) is 25.8. The van der Waals surface area contributed by atoms with Crippen molar-refractivity contribution in [1.82, 2.24) is 15.0 Å². The van der Waals surface area contributed by atoms with Crippen molar-refractivity contribution in [1.29, 1.82) is 0 Å². The molecule has 102 valence electrons. The van der Waals surface area contributed by atoms with Crippen LogP contribution in [-0.2, 0) is 6.42 Å².